The minimum atomic E-state index is -0.817. The van der Waals surface area contributed by atoms with Crippen LogP contribution in [0.4, 0.5) is 0 Å². The molecule has 0 aliphatic carbocycles. The Morgan fingerprint density at radius 1 is 1.25 bits per heavy atom. The van der Waals surface area contributed by atoms with Gasteiger partial charge in [0.15, 0.2) is 0 Å². The maximum absolute atomic E-state index is 10.6. The van der Waals surface area contributed by atoms with Crippen molar-refractivity contribution in [2.75, 3.05) is 0 Å². The lowest BCUT2D eigenvalue weighted by molar-refractivity contribution is 0.204. The number of hydrogen-bond acceptors (Lipinski definition) is 4. The lowest BCUT2D eigenvalue weighted by Crippen LogP contribution is -2.11. The highest BCUT2D eigenvalue weighted by molar-refractivity contribution is 5.84. The average Bonchev–Trinajstić information content (AvgIpc) is 2.94. The highest BCUT2D eigenvalue weighted by Crippen LogP contribution is 2.26. The van der Waals surface area contributed by atoms with Crippen LogP contribution < -0.4 is 0 Å². The Labute approximate surface area is 116 Å². The Balaban J connectivity index is 2.08. The van der Waals surface area contributed by atoms with Gasteiger partial charge in [0, 0.05) is 18.1 Å². The molecule has 0 radical (unpaired) electrons. The molecule has 0 spiro atoms. The minimum Gasteiger partial charge on any atom is -0.380 e. The molecule has 0 bridgehead atoms. The summed E-state index contributed by atoms with van der Waals surface area (Å²) in [7, 11) is 0. The molecule has 2 aromatic heterocycles. The first-order chi connectivity index (χ1) is 9.81. The van der Waals surface area contributed by atoms with Gasteiger partial charge in [-0.2, -0.15) is 0 Å². The third kappa shape index (κ3) is 2.16. The maximum Gasteiger partial charge on any atom is 0.140 e. The van der Waals surface area contributed by atoms with E-state index in [0.717, 1.165) is 23.7 Å². The van der Waals surface area contributed by atoms with E-state index in [-0.39, 0.29) is 0 Å². The van der Waals surface area contributed by atoms with Crippen LogP contribution in [0.15, 0.2) is 42.7 Å². The van der Waals surface area contributed by atoms with Crippen molar-refractivity contribution in [1.82, 2.24) is 20.0 Å². The largest absolute Gasteiger partial charge is 0.380 e. The first-order valence-corrected chi connectivity index (χ1v) is 6.71. The molecule has 0 saturated heterocycles. The van der Waals surface area contributed by atoms with Gasteiger partial charge in [0.2, 0.25) is 0 Å². The van der Waals surface area contributed by atoms with Gasteiger partial charge in [0.25, 0.3) is 0 Å². The number of pyridine rings is 1. The molecule has 2 heterocycles. The lowest BCUT2D eigenvalue weighted by atomic mass is 10.0. The highest BCUT2D eigenvalue weighted by Gasteiger charge is 2.19. The van der Waals surface area contributed by atoms with Crippen molar-refractivity contribution in [3.05, 3.63) is 54.1 Å². The Morgan fingerprint density at radius 2 is 2.10 bits per heavy atom. The third-order valence-corrected chi connectivity index (χ3v) is 3.33. The Morgan fingerprint density at radius 3 is 2.95 bits per heavy atom. The Bertz CT molecular complexity index is 717. The first-order valence-electron chi connectivity index (χ1n) is 6.71. The molecule has 5 heteroatoms. The van der Waals surface area contributed by atoms with Gasteiger partial charge >= 0.3 is 0 Å². The second-order valence-electron chi connectivity index (χ2n) is 4.70. The topological polar surface area (TPSA) is 63.8 Å². The van der Waals surface area contributed by atoms with Crippen LogP contribution >= 0.6 is 0 Å². The van der Waals surface area contributed by atoms with Gasteiger partial charge in [0.05, 0.1) is 17.6 Å². The number of benzene rings is 1. The standard InChI is InChI=1S/C15H16N4O/c1-2-9-19-13(10-17-18-19)15(20)14-12-6-4-3-5-11(12)7-8-16-14/h3-8,10,15,20H,2,9H2,1H3. The molecular weight excluding hydrogens is 252 g/mol. The van der Waals surface area contributed by atoms with Gasteiger partial charge in [-0.15, -0.1) is 5.10 Å². The van der Waals surface area contributed by atoms with Gasteiger partial charge in [-0.1, -0.05) is 36.4 Å². The van der Waals surface area contributed by atoms with Crippen molar-refractivity contribution >= 4 is 10.8 Å². The number of aryl methyl sites for hydroxylation is 1. The molecule has 3 aromatic rings. The van der Waals surface area contributed by atoms with Gasteiger partial charge in [0.1, 0.15) is 6.10 Å². The molecule has 1 aromatic carbocycles. The average molecular weight is 268 g/mol. The maximum atomic E-state index is 10.6. The van der Waals surface area contributed by atoms with Gasteiger partial charge in [-0.05, 0) is 17.9 Å². The SMILES string of the molecule is CCCn1nncc1C(O)c1nccc2ccccc12. The molecule has 0 fully saturated rings. The first kappa shape index (κ1) is 12.7. The van der Waals surface area contributed by atoms with Gasteiger partial charge in [-0.3, -0.25) is 4.98 Å². The smallest absolute Gasteiger partial charge is 0.140 e. The van der Waals surface area contributed by atoms with E-state index in [9.17, 15) is 5.11 Å². The molecule has 20 heavy (non-hydrogen) atoms. The molecule has 102 valence electrons. The molecule has 3 rings (SSSR count). The Hall–Kier alpha value is -2.27. The van der Waals surface area contributed by atoms with Crippen LogP contribution in [-0.2, 0) is 6.54 Å². The van der Waals surface area contributed by atoms with E-state index < -0.39 is 6.10 Å². The van der Waals surface area contributed by atoms with Gasteiger partial charge < -0.3 is 5.11 Å². The summed E-state index contributed by atoms with van der Waals surface area (Å²) in [6.45, 7) is 2.80. The predicted molar refractivity (Wildman–Crippen MR) is 76.1 cm³/mol. The van der Waals surface area contributed by atoms with E-state index in [0.29, 0.717) is 11.4 Å². The van der Waals surface area contributed by atoms with Gasteiger partial charge in [-0.25, -0.2) is 4.68 Å². The zero-order valence-corrected chi connectivity index (χ0v) is 11.3. The summed E-state index contributed by atoms with van der Waals surface area (Å²) in [6.07, 6.45) is 3.44. The fourth-order valence-corrected chi connectivity index (χ4v) is 2.36. The van der Waals surface area contributed by atoms with E-state index in [4.69, 9.17) is 0 Å². The number of aliphatic hydroxyl groups excluding tert-OH is 1. The second-order valence-corrected chi connectivity index (χ2v) is 4.70. The van der Waals surface area contributed by atoms with Crippen LogP contribution in [0.5, 0.6) is 0 Å². The molecule has 0 saturated carbocycles. The van der Waals surface area contributed by atoms with E-state index in [1.54, 1.807) is 17.1 Å². The van der Waals surface area contributed by atoms with Crippen LogP contribution in [-0.4, -0.2) is 25.1 Å². The second kappa shape index (κ2) is 5.38. The summed E-state index contributed by atoms with van der Waals surface area (Å²) in [5, 5.41) is 20.5. The van der Waals surface area contributed by atoms with Crippen LogP contribution in [0.1, 0.15) is 30.8 Å². The number of aliphatic hydroxyl groups is 1. The Kier molecular flexibility index (Phi) is 3.43. The van der Waals surface area contributed by atoms with Crippen molar-refractivity contribution < 1.29 is 5.11 Å². The molecule has 0 aliphatic heterocycles. The molecule has 1 atom stereocenters. The van der Waals surface area contributed by atoms with E-state index >= 15 is 0 Å². The number of aromatic nitrogens is 4. The molecule has 0 aliphatic rings. The molecule has 1 unspecified atom stereocenters. The van der Waals surface area contributed by atoms with E-state index in [1.165, 1.54) is 0 Å². The monoisotopic (exact) mass is 268 g/mol. The van der Waals surface area contributed by atoms with Crippen molar-refractivity contribution in [3.8, 4) is 0 Å². The summed E-state index contributed by atoms with van der Waals surface area (Å²) in [5.41, 5.74) is 1.32. The number of fused-ring (bicyclic) bond motifs is 1. The fraction of sp³-hybridized carbons (Fsp3) is 0.267. The highest BCUT2D eigenvalue weighted by atomic mass is 16.3. The third-order valence-electron chi connectivity index (χ3n) is 3.33. The number of hydrogen-bond donors (Lipinski definition) is 1. The zero-order chi connectivity index (χ0) is 13.9. The molecule has 1 N–H and O–H groups in total. The summed E-state index contributed by atoms with van der Waals surface area (Å²) < 4.78 is 1.73. The fourth-order valence-electron chi connectivity index (χ4n) is 2.36. The molecule has 5 nitrogen and oxygen atoms in total. The van der Waals surface area contributed by atoms with Crippen molar-refractivity contribution in [1.29, 1.82) is 0 Å². The zero-order valence-electron chi connectivity index (χ0n) is 11.3. The molecular formula is C15H16N4O. The van der Waals surface area contributed by atoms with E-state index in [2.05, 4.69) is 22.2 Å². The van der Waals surface area contributed by atoms with Crippen LogP contribution in [0.3, 0.4) is 0 Å². The van der Waals surface area contributed by atoms with Crippen LogP contribution in [0.2, 0.25) is 0 Å². The quantitative estimate of drug-likeness (QED) is 0.788. The van der Waals surface area contributed by atoms with E-state index in [1.807, 2.05) is 30.3 Å². The summed E-state index contributed by atoms with van der Waals surface area (Å²) in [5.74, 6) is 0. The lowest BCUT2D eigenvalue weighted by Gasteiger charge is -2.13. The number of nitrogens with zero attached hydrogens (tertiary/aromatic N) is 4. The normalized spacial score (nSPS) is 12.7. The van der Waals surface area contributed by atoms with Crippen molar-refractivity contribution in [2.45, 2.75) is 26.0 Å². The summed E-state index contributed by atoms with van der Waals surface area (Å²) in [6, 6.07) is 9.83. The number of rotatable bonds is 4. The summed E-state index contributed by atoms with van der Waals surface area (Å²) in [4.78, 5) is 4.35. The molecule has 0 amide bonds. The summed E-state index contributed by atoms with van der Waals surface area (Å²) >= 11 is 0. The van der Waals surface area contributed by atoms with Crippen molar-refractivity contribution in [3.63, 3.8) is 0 Å². The van der Waals surface area contributed by atoms with Crippen molar-refractivity contribution in [2.24, 2.45) is 0 Å². The van der Waals surface area contributed by atoms with Crippen LogP contribution in [0, 0.1) is 0 Å². The minimum absolute atomic E-state index is 0.641. The predicted octanol–water partition coefficient (Wildman–Crippen LogP) is 2.32. The van der Waals surface area contributed by atoms with Crippen LogP contribution in [0.25, 0.3) is 10.8 Å².